The molecule has 2 rings (SSSR count). The molecule has 2 aromatic rings. The Hall–Kier alpha value is -1.32. The van der Waals surface area contributed by atoms with Gasteiger partial charge in [0.05, 0.1) is 17.5 Å². The number of halogens is 2. The van der Waals surface area contributed by atoms with Gasteiger partial charge in [-0.2, -0.15) is 0 Å². The van der Waals surface area contributed by atoms with E-state index < -0.39 is 11.9 Å². The molecule has 0 radical (unpaired) electrons. The van der Waals surface area contributed by atoms with Crippen LogP contribution in [0.25, 0.3) is 0 Å². The Labute approximate surface area is 90.9 Å². The van der Waals surface area contributed by atoms with Crippen molar-refractivity contribution in [2.24, 2.45) is 0 Å². The summed E-state index contributed by atoms with van der Waals surface area (Å²) < 4.78 is 18.3. The first kappa shape index (κ1) is 10.2. The topological polar surface area (TPSA) is 33.4 Å². The molecule has 1 unspecified atom stereocenters. The van der Waals surface area contributed by atoms with Crippen molar-refractivity contribution < 1.29 is 13.9 Å². The molecule has 0 saturated carbocycles. The van der Waals surface area contributed by atoms with Gasteiger partial charge in [0.2, 0.25) is 0 Å². The molecule has 1 atom stereocenters. The van der Waals surface area contributed by atoms with Crippen LogP contribution in [-0.2, 0) is 0 Å². The Kier molecular flexibility index (Phi) is 2.75. The van der Waals surface area contributed by atoms with Gasteiger partial charge in [-0.3, -0.25) is 0 Å². The summed E-state index contributed by atoms with van der Waals surface area (Å²) in [5.74, 6) is -0.604. The SMILES string of the molecule is OC(c1ccoc1)c1cccc(Cl)c1F. The first-order chi connectivity index (χ1) is 7.20. The lowest BCUT2D eigenvalue weighted by molar-refractivity contribution is 0.214. The summed E-state index contributed by atoms with van der Waals surface area (Å²) in [6.07, 6.45) is 1.73. The molecule has 0 spiro atoms. The Balaban J connectivity index is 2.42. The third-order valence-corrected chi connectivity index (χ3v) is 2.43. The molecule has 0 bridgehead atoms. The summed E-state index contributed by atoms with van der Waals surface area (Å²) in [7, 11) is 0. The molecular formula is C11H8ClFO2. The number of furan rings is 1. The molecule has 78 valence electrons. The summed E-state index contributed by atoms with van der Waals surface area (Å²) in [6.45, 7) is 0. The van der Waals surface area contributed by atoms with E-state index in [1.54, 1.807) is 12.1 Å². The van der Waals surface area contributed by atoms with E-state index in [0.717, 1.165) is 0 Å². The minimum absolute atomic E-state index is 0.00459. The summed E-state index contributed by atoms with van der Waals surface area (Å²) in [5.41, 5.74) is 0.639. The van der Waals surface area contributed by atoms with Crippen molar-refractivity contribution >= 4 is 11.6 Å². The number of aliphatic hydroxyl groups is 1. The predicted octanol–water partition coefficient (Wildman–Crippen LogP) is 3.15. The summed E-state index contributed by atoms with van der Waals surface area (Å²) in [6, 6.07) is 6.08. The van der Waals surface area contributed by atoms with E-state index in [0.29, 0.717) is 5.56 Å². The molecule has 1 aromatic heterocycles. The molecular weight excluding hydrogens is 219 g/mol. The second kappa shape index (κ2) is 4.04. The van der Waals surface area contributed by atoms with Gasteiger partial charge in [0.1, 0.15) is 11.9 Å². The van der Waals surface area contributed by atoms with Gasteiger partial charge in [-0.25, -0.2) is 4.39 Å². The van der Waals surface area contributed by atoms with Gasteiger partial charge in [-0.1, -0.05) is 23.7 Å². The average Bonchev–Trinajstić information content (AvgIpc) is 2.74. The Bertz CT molecular complexity index is 454. The van der Waals surface area contributed by atoms with Crippen LogP contribution in [0.2, 0.25) is 5.02 Å². The van der Waals surface area contributed by atoms with E-state index in [4.69, 9.17) is 16.0 Å². The van der Waals surface area contributed by atoms with Gasteiger partial charge < -0.3 is 9.52 Å². The van der Waals surface area contributed by atoms with E-state index in [1.807, 2.05) is 0 Å². The summed E-state index contributed by atoms with van der Waals surface area (Å²) >= 11 is 5.61. The molecule has 1 heterocycles. The van der Waals surface area contributed by atoms with E-state index in [9.17, 15) is 9.50 Å². The highest BCUT2D eigenvalue weighted by molar-refractivity contribution is 6.30. The fourth-order valence-corrected chi connectivity index (χ4v) is 1.52. The third kappa shape index (κ3) is 1.89. The molecule has 0 aliphatic heterocycles. The van der Waals surface area contributed by atoms with Gasteiger partial charge in [0.25, 0.3) is 0 Å². The molecule has 1 N–H and O–H groups in total. The number of benzene rings is 1. The minimum Gasteiger partial charge on any atom is -0.472 e. The molecule has 1 aromatic carbocycles. The van der Waals surface area contributed by atoms with Crippen LogP contribution >= 0.6 is 11.6 Å². The van der Waals surface area contributed by atoms with Gasteiger partial charge in [0.15, 0.2) is 0 Å². The predicted molar refractivity (Wildman–Crippen MR) is 54.2 cm³/mol. The Morgan fingerprint density at radius 2 is 2.13 bits per heavy atom. The zero-order valence-electron chi connectivity index (χ0n) is 7.65. The lowest BCUT2D eigenvalue weighted by Crippen LogP contribution is -2.01. The maximum Gasteiger partial charge on any atom is 0.147 e. The summed E-state index contributed by atoms with van der Waals surface area (Å²) in [5, 5.41) is 9.82. The van der Waals surface area contributed by atoms with E-state index >= 15 is 0 Å². The fourth-order valence-electron chi connectivity index (χ4n) is 1.34. The van der Waals surface area contributed by atoms with Gasteiger partial charge in [0, 0.05) is 11.1 Å². The maximum absolute atomic E-state index is 13.5. The van der Waals surface area contributed by atoms with Crippen molar-refractivity contribution in [1.29, 1.82) is 0 Å². The van der Waals surface area contributed by atoms with Gasteiger partial charge >= 0.3 is 0 Å². The molecule has 0 aliphatic rings. The highest BCUT2D eigenvalue weighted by Gasteiger charge is 2.17. The van der Waals surface area contributed by atoms with Crippen molar-refractivity contribution in [2.75, 3.05) is 0 Å². The monoisotopic (exact) mass is 226 g/mol. The van der Waals surface area contributed by atoms with Gasteiger partial charge in [-0.05, 0) is 12.1 Å². The average molecular weight is 227 g/mol. The van der Waals surface area contributed by atoms with Crippen LogP contribution in [0.1, 0.15) is 17.2 Å². The molecule has 4 heteroatoms. The second-order valence-electron chi connectivity index (χ2n) is 3.10. The number of hydrogen-bond donors (Lipinski definition) is 1. The van der Waals surface area contributed by atoms with Crippen LogP contribution in [0.3, 0.4) is 0 Å². The van der Waals surface area contributed by atoms with Crippen LogP contribution in [0.15, 0.2) is 41.2 Å². The maximum atomic E-state index is 13.5. The lowest BCUT2D eigenvalue weighted by atomic mass is 10.0. The van der Waals surface area contributed by atoms with Crippen LogP contribution in [0.5, 0.6) is 0 Å². The van der Waals surface area contributed by atoms with Crippen LogP contribution in [-0.4, -0.2) is 5.11 Å². The van der Waals surface area contributed by atoms with Crippen molar-refractivity contribution in [3.05, 3.63) is 58.8 Å². The molecule has 15 heavy (non-hydrogen) atoms. The first-order valence-corrected chi connectivity index (χ1v) is 4.72. The zero-order valence-corrected chi connectivity index (χ0v) is 8.41. The van der Waals surface area contributed by atoms with Crippen LogP contribution < -0.4 is 0 Å². The van der Waals surface area contributed by atoms with Crippen LogP contribution in [0.4, 0.5) is 4.39 Å². The fraction of sp³-hybridized carbons (Fsp3) is 0.0909. The zero-order chi connectivity index (χ0) is 10.8. The number of aliphatic hydroxyl groups excluding tert-OH is 1. The molecule has 0 amide bonds. The number of rotatable bonds is 2. The highest BCUT2D eigenvalue weighted by Crippen LogP contribution is 2.27. The number of hydrogen-bond acceptors (Lipinski definition) is 2. The Morgan fingerprint density at radius 1 is 1.33 bits per heavy atom. The minimum atomic E-state index is -1.05. The largest absolute Gasteiger partial charge is 0.472 e. The van der Waals surface area contributed by atoms with Crippen molar-refractivity contribution in [1.82, 2.24) is 0 Å². The Morgan fingerprint density at radius 3 is 2.80 bits per heavy atom. The van der Waals surface area contributed by atoms with Crippen LogP contribution in [0, 0.1) is 5.82 Å². The molecule has 2 nitrogen and oxygen atoms in total. The van der Waals surface area contributed by atoms with E-state index in [1.165, 1.54) is 24.7 Å². The quantitative estimate of drug-likeness (QED) is 0.853. The van der Waals surface area contributed by atoms with E-state index in [-0.39, 0.29) is 10.6 Å². The van der Waals surface area contributed by atoms with Crippen molar-refractivity contribution in [3.8, 4) is 0 Å². The highest BCUT2D eigenvalue weighted by atomic mass is 35.5. The molecule has 0 fully saturated rings. The second-order valence-corrected chi connectivity index (χ2v) is 3.51. The standard InChI is InChI=1S/C11H8ClFO2/c12-9-3-1-2-8(10(9)13)11(14)7-4-5-15-6-7/h1-6,11,14H. The molecule has 0 saturated heterocycles. The van der Waals surface area contributed by atoms with Crippen molar-refractivity contribution in [3.63, 3.8) is 0 Å². The van der Waals surface area contributed by atoms with E-state index in [2.05, 4.69) is 0 Å². The smallest absolute Gasteiger partial charge is 0.147 e. The first-order valence-electron chi connectivity index (χ1n) is 4.34. The normalized spacial score (nSPS) is 12.7. The lowest BCUT2D eigenvalue weighted by Gasteiger charge is -2.10. The summed E-state index contributed by atoms with van der Waals surface area (Å²) in [4.78, 5) is 0. The van der Waals surface area contributed by atoms with Crippen molar-refractivity contribution in [2.45, 2.75) is 6.10 Å². The molecule has 0 aliphatic carbocycles. The third-order valence-electron chi connectivity index (χ3n) is 2.13. The van der Waals surface area contributed by atoms with Gasteiger partial charge in [-0.15, -0.1) is 0 Å².